The van der Waals surface area contributed by atoms with Crippen LogP contribution in [-0.4, -0.2) is 26.2 Å². The van der Waals surface area contributed by atoms with Gasteiger partial charge in [-0.25, -0.2) is 13.6 Å². The van der Waals surface area contributed by atoms with Gasteiger partial charge in [0.2, 0.25) is 10.0 Å². The van der Waals surface area contributed by atoms with E-state index < -0.39 is 16.1 Å². The van der Waals surface area contributed by atoms with Crippen molar-refractivity contribution in [3.63, 3.8) is 0 Å². The van der Waals surface area contributed by atoms with Crippen LogP contribution in [0.3, 0.4) is 0 Å². The second-order valence-electron chi connectivity index (χ2n) is 3.53. The van der Waals surface area contributed by atoms with Gasteiger partial charge in [0.05, 0.1) is 11.8 Å². The highest BCUT2D eigenvalue weighted by molar-refractivity contribution is 7.89. The summed E-state index contributed by atoms with van der Waals surface area (Å²) in [5.74, 6) is 0. The first-order valence-electron chi connectivity index (χ1n) is 4.65. The van der Waals surface area contributed by atoms with Crippen molar-refractivity contribution < 1.29 is 13.5 Å². The number of hydrogen-bond acceptors (Lipinski definition) is 5. The highest BCUT2D eigenvalue weighted by atomic mass is 32.2. The Labute approximate surface area is 94.3 Å². The molecule has 0 saturated heterocycles. The van der Waals surface area contributed by atoms with Gasteiger partial charge in [-0.2, -0.15) is 0 Å². The molecule has 0 heterocycles. The minimum atomic E-state index is -3.78. The van der Waals surface area contributed by atoms with E-state index in [2.05, 4.69) is 5.32 Å². The molecule has 7 heteroatoms. The summed E-state index contributed by atoms with van der Waals surface area (Å²) in [5, 5.41) is 16.9. The summed E-state index contributed by atoms with van der Waals surface area (Å²) in [5.41, 5.74) is 6.26. The van der Waals surface area contributed by atoms with Crippen LogP contribution in [0.25, 0.3) is 0 Å². The van der Waals surface area contributed by atoms with Crippen molar-refractivity contribution in [2.24, 2.45) is 5.14 Å². The molecular weight excluding hydrogens is 230 g/mol. The fourth-order valence-electron chi connectivity index (χ4n) is 1.18. The van der Waals surface area contributed by atoms with E-state index in [1.807, 2.05) is 0 Å². The van der Waals surface area contributed by atoms with Crippen molar-refractivity contribution in [2.45, 2.75) is 17.9 Å². The fraction of sp³-hybridized carbons (Fsp3) is 0.333. The fourth-order valence-corrected chi connectivity index (χ4v) is 1.83. The van der Waals surface area contributed by atoms with Crippen LogP contribution in [0.5, 0.6) is 0 Å². The molecule has 0 aliphatic rings. The lowest BCUT2D eigenvalue weighted by Crippen LogP contribution is -2.17. The monoisotopic (exact) mass is 245 g/mol. The molecule has 6 N–H and O–H groups in total. The third-order valence-corrected chi connectivity index (χ3v) is 2.90. The minimum Gasteiger partial charge on any atom is -0.398 e. The van der Waals surface area contributed by atoms with Crippen molar-refractivity contribution in [1.29, 1.82) is 0 Å². The van der Waals surface area contributed by atoms with E-state index in [1.54, 1.807) is 13.0 Å². The van der Waals surface area contributed by atoms with Crippen LogP contribution in [-0.2, 0) is 10.0 Å². The second-order valence-corrected chi connectivity index (χ2v) is 5.06. The van der Waals surface area contributed by atoms with E-state index in [9.17, 15) is 8.42 Å². The quantitative estimate of drug-likeness (QED) is 0.543. The largest absolute Gasteiger partial charge is 0.398 e. The van der Waals surface area contributed by atoms with E-state index in [-0.39, 0.29) is 10.6 Å². The number of hydrogen-bond donors (Lipinski definition) is 4. The summed E-state index contributed by atoms with van der Waals surface area (Å²) in [6.07, 6.45) is -0.501. The molecule has 1 unspecified atom stereocenters. The topological polar surface area (TPSA) is 118 Å². The van der Waals surface area contributed by atoms with Crippen molar-refractivity contribution in [1.82, 2.24) is 0 Å². The first kappa shape index (κ1) is 12.8. The number of aliphatic hydroxyl groups excluding tert-OH is 1. The Hall–Kier alpha value is -1.31. The molecule has 0 radical (unpaired) electrons. The average Bonchev–Trinajstić information content (AvgIpc) is 2.12. The van der Waals surface area contributed by atoms with E-state index in [4.69, 9.17) is 16.0 Å². The molecule has 1 aromatic carbocycles. The van der Waals surface area contributed by atoms with Crippen LogP contribution in [0.15, 0.2) is 23.1 Å². The number of nitrogens with two attached hydrogens (primary N) is 2. The van der Waals surface area contributed by atoms with Crippen molar-refractivity contribution in [2.75, 3.05) is 17.6 Å². The number of primary sulfonamides is 1. The van der Waals surface area contributed by atoms with Crippen molar-refractivity contribution >= 4 is 21.4 Å². The van der Waals surface area contributed by atoms with E-state index in [0.717, 1.165) is 0 Å². The van der Waals surface area contributed by atoms with Crippen LogP contribution in [0, 0.1) is 0 Å². The molecule has 16 heavy (non-hydrogen) atoms. The molecule has 0 aromatic heterocycles. The van der Waals surface area contributed by atoms with Crippen LogP contribution in [0.2, 0.25) is 0 Å². The van der Waals surface area contributed by atoms with E-state index in [1.165, 1.54) is 12.1 Å². The Morgan fingerprint density at radius 1 is 1.50 bits per heavy atom. The number of anilines is 2. The maximum atomic E-state index is 11.1. The number of aliphatic hydroxyl groups is 1. The molecular formula is C9H15N3O3S. The van der Waals surface area contributed by atoms with Gasteiger partial charge in [0.15, 0.2) is 0 Å². The van der Waals surface area contributed by atoms with Crippen LogP contribution in [0.1, 0.15) is 6.92 Å². The zero-order chi connectivity index (χ0) is 12.3. The summed E-state index contributed by atoms with van der Waals surface area (Å²) in [7, 11) is -3.78. The van der Waals surface area contributed by atoms with Gasteiger partial charge in [-0.15, -0.1) is 0 Å². The molecule has 1 rings (SSSR count). The van der Waals surface area contributed by atoms with E-state index in [0.29, 0.717) is 12.2 Å². The molecule has 0 aliphatic heterocycles. The summed E-state index contributed by atoms with van der Waals surface area (Å²) in [4.78, 5) is -0.102. The Morgan fingerprint density at radius 2 is 2.12 bits per heavy atom. The summed E-state index contributed by atoms with van der Waals surface area (Å²) in [6, 6.07) is 4.33. The van der Waals surface area contributed by atoms with Gasteiger partial charge in [-0.3, -0.25) is 0 Å². The van der Waals surface area contributed by atoms with E-state index >= 15 is 0 Å². The van der Waals surface area contributed by atoms with Gasteiger partial charge in [-0.05, 0) is 25.1 Å². The van der Waals surface area contributed by atoms with Gasteiger partial charge in [0.25, 0.3) is 0 Å². The molecule has 1 aromatic rings. The first-order valence-corrected chi connectivity index (χ1v) is 6.19. The SMILES string of the molecule is CC(O)CNc1ccc(S(N)(=O)=O)c(N)c1. The number of nitrogens with one attached hydrogen (secondary N) is 1. The average molecular weight is 245 g/mol. The van der Waals surface area contributed by atoms with Crippen molar-refractivity contribution in [3.8, 4) is 0 Å². The lowest BCUT2D eigenvalue weighted by molar-refractivity contribution is 0.208. The molecule has 0 amide bonds. The lowest BCUT2D eigenvalue weighted by Gasteiger charge is -2.10. The van der Waals surface area contributed by atoms with Crippen LogP contribution < -0.4 is 16.2 Å². The molecule has 0 aliphatic carbocycles. The smallest absolute Gasteiger partial charge is 0.240 e. The maximum Gasteiger partial charge on any atom is 0.240 e. The van der Waals surface area contributed by atoms with Gasteiger partial charge < -0.3 is 16.2 Å². The molecule has 1 atom stereocenters. The standard InChI is InChI=1S/C9H15N3O3S/c1-6(13)5-12-7-2-3-9(8(10)4-7)16(11,14)15/h2-4,6,12-13H,5,10H2,1H3,(H2,11,14,15). The highest BCUT2D eigenvalue weighted by Gasteiger charge is 2.12. The predicted molar refractivity (Wildman–Crippen MR) is 62.4 cm³/mol. The number of rotatable bonds is 4. The number of nitrogen functional groups attached to an aromatic ring is 1. The predicted octanol–water partition coefficient (Wildman–Crippen LogP) is -0.291. The van der Waals surface area contributed by atoms with Gasteiger partial charge in [-0.1, -0.05) is 0 Å². The Kier molecular flexibility index (Phi) is 3.74. The molecule has 0 bridgehead atoms. The molecule has 0 spiro atoms. The summed E-state index contributed by atoms with van der Waals surface area (Å²) >= 11 is 0. The van der Waals surface area contributed by atoms with Crippen LogP contribution >= 0.6 is 0 Å². The minimum absolute atomic E-state index is 0.0816. The first-order chi connectivity index (χ1) is 7.30. The third-order valence-electron chi connectivity index (χ3n) is 1.92. The van der Waals surface area contributed by atoms with Gasteiger partial charge in [0.1, 0.15) is 4.90 Å². The Morgan fingerprint density at radius 3 is 2.56 bits per heavy atom. The number of benzene rings is 1. The lowest BCUT2D eigenvalue weighted by atomic mass is 10.2. The third kappa shape index (κ3) is 3.37. The highest BCUT2D eigenvalue weighted by Crippen LogP contribution is 2.21. The second kappa shape index (κ2) is 4.69. The molecule has 0 fully saturated rings. The molecule has 0 saturated carbocycles. The molecule has 6 nitrogen and oxygen atoms in total. The zero-order valence-corrected chi connectivity index (χ0v) is 9.66. The molecule has 90 valence electrons. The number of sulfonamides is 1. The Bertz CT molecular complexity index is 471. The normalized spacial score (nSPS) is 13.4. The summed E-state index contributed by atoms with van der Waals surface area (Å²) < 4.78 is 22.1. The van der Waals surface area contributed by atoms with Gasteiger partial charge >= 0.3 is 0 Å². The van der Waals surface area contributed by atoms with Crippen LogP contribution in [0.4, 0.5) is 11.4 Å². The van der Waals surface area contributed by atoms with Crippen molar-refractivity contribution in [3.05, 3.63) is 18.2 Å². The zero-order valence-electron chi connectivity index (χ0n) is 8.84. The van der Waals surface area contributed by atoms with Gasteiger partial charge in [0, 0.05) is 12.2 Å². The Balaban J connectivity index is 2.92. The maximum absolute atomic E-state index is 11.1. The summed E-state index contributed by atoms with van der Waals surface area (Å²) in [6.45, 7) is 1.99.